The van der Waals surface area contributed by atoms with Crippen molar-refractivity contribution in [2.24, 2.45) is 0 Å². The van der Waals surface area contributed by atoms with Gasteiger partial charge >= 0.3 is 0 Å². The van der Waals surface area contributed by atoms with Crippen molar-refractivity contribution < 1.29 is 26.8 Å². The van der Waals surface area contributed by atoms with E-state index in [1.807, 2.05) is 6.92 Å². The Balaban J connectivity index is 2.02. The Morgan fingerprint density at radius 2 is 1.66 bits per heavy atom. The normalized spacial score (nSPS) is 12.0. The van der Waals surface area contributed by atoms with Crippen molar-refractivity contribution in [3.8, 4) is 0 Å². The molecule has 0 aromatic heterocycles. The SMILES string of the molecule is CCCNC(=O)C(C)N(Cc1ccc(F)cc1)C(=O)CN(c1ccc(F)c(Cl)c1)S(=O)(=O)c1ccccc1. The zero-order valence-corrected chi connectivity index (χ0v) is 22.5. The zero-order chi connectivity index (χ0) is 27.9. The Kier molecular flexibility index (Phi) is 9.82. The van der Waals surface area contributed by atoms with Crippen LogP contribution in [0.3, 0.4) is 0 Å². The second kappa shape index (κ2) is 12.8. The Morgan fingerprint density at radius 3 is 2.26 bits per heavy atom. The van der Waals surface area contributed by atoms with Crippen molar-refractivity contribution >= 4 is 39.1 Å². The molecule has 1 atom stereocenters. The van der Waals surface area contributed by atoms with Gasteiger partial charge in [-0.1, -0.05) is 48.9 Å². The standard InChI is InChI=1S/C27H28ClF2N3O4S/c1-3-15-31-27(35)19(2)32(17-20-9-11-21(29)12-10-20)26(34)18-33(22-13-14-25(30)24(28)16-22)38(36,37)23-7-5-4-6-8-23/h4-14,16,19H,3,15,17-18H2,1-2H3,(H,31,35). The number of hydrogen-bond donors (Lipinski definition) is 1. The van der Waals surface area contributed by atoms with E-state index in [1.54, 1.807) is 6.07 Å². The average Bonchev–Trinajstić information content (AvgIpc) is 2.91. The van der Waals surface area contributed by atoms with Gasteiger partial charge in [-0.25, -0.2) is 17.2 Å². The minimum absolute atomic E-state index is 0.0292. The van der Waals surface area contributed by atoms with Crippen molar-refractivity contribution in [2.45, 2.75) is 37.8 Å². The number of carbonyl (C=O) groups is 2. The molecule has 1 N–H and O–H groups in total. The maximum absolute atomic E-state index is 13.9. The second-order valence-electron chi connectivity index (χ2n) is 8.54. The summed E-state index contributed by atoms with van der Waals surface area (Å²) in [5.41, 5.74) is 0.510. The predicted octanol–water partition coefficient (Wildman–Crippen LogP) is 4.76. The number of amides is 2. The van der Waals surface area contributed by atoms with Gasteiger partial charge in [0, 0.05) is 13.1 Å². The monoisotopic (exact) mass is 563 g/mol. The Bertz CT molecular complexity index is 1370. The van der Waals surface area contributed by atoms with Gasteiger partial charge in [0.05, 0.1) is 15.6 Å². The topological polar surface area (TPSA) is 86.8 Å². The number of sulfonamides is 1. The van der Waals surface area contributed by atoms with Gasteiger partial charge in [-0.3, -0.25) is 13.9 Å². The zero-order valence-electron chi connectivity index (χ0n) is 20.9. The van der Waals surface area contributed by atoms with Crippen LogP contribution in [-0.4, -0.2) is 44.3 Å². The summed E-state index contributed by atoms with van der Waals surface area (Å²) in [4.78, 5) is 27.6. The smallest absolute Gasteiger partial charge is 0.264 e. The van der Waals surface area contributed by atoms with Crippen LogP contribution in [-0.2, 0) is 26.2 Å². The molecular formula is C27H28ClF2N3O4S. The van der Waals surface area contributed by atoms with Crippen LogP contribution in [0, 0.1) is 11.6 Å². The molecule has 0 heterocycles. The molecule has 0 aliphatic carbocycles. The molecule has 3 aromatic carbocycles. The van der Waals surface area contributed by atoms with Gasteiger partial charge < -0.3 is 10.2 Å². The molecule has 11 heteroatoms. The van der Waals surface area contributed by atoms with Gasteiger partial charge in [0.25, 0.3) is 10.0 Å². The van der Waals surface area contributed by atoms with Crippen LogP contribution in [0.5, 0.6) is 0 Å². The fraction of sp³-hybridized carbons (Fsp3) is 0.259. The van der Waals surface area contributed by atoms with E-state index >= 15 is 0 Å². The number of rotatable bonds is 11. The maximum Gasteiger partial charge on any atom is 0.264 e. The number of hydrogen-bond acceptors (Lipinski definition) is 4. The first-order valence-electron chi connectivity index (χ1n) is 11.9. The lowest BCUT2D eigenvalue weighted by Crippen LogP contribution is -2.51. The number of anilines is 1. The van der Waals surface area contributed by atoms with Crippen molar-refractivity contribution in [2.75, 3.05) is 17.4 Å². The highest BCUT2D eigenvalue weighted by molar-refractivity contribution is 7.92. The van der Waals surface area contributed by atoms with E-state index in [-0.39, 0.29) is 22.2 Å². The van der Waals surface area contributed by atoms with Gasteiger partial charge in [-0.2, -0.15) is 0 Å². The lowest BCUT2D eigenvalue weighted by molar-refractivity contribution is -0.139. The number of nitrogens with zero attached hydrogens (tertiary/aromatic N) is 2. The van der Waals surface area contributed by atoms with Crippen LogP contribution >= 0.6 is 11.6 Å². The van der Waals surface area contributed by atoms with E-state index in [0.717, 1.165) is 16.4 Å². The number of nitrogens with one attached hydrogen (secondary N) is 1. The van der Waals surface area contributed by atoms with E-state index in [2.05, 4.69) is 5.32 Å². The Hall–Kier alpha value is -3.50. The highest BCUT2D eigenvalue weighted by Gasteiger charge is 2.32. The number of halogens is 3. The molecule has 0 aliphatic heterocycles. The van der Waals surface area contributed by atoms with Gasteiger partial charge in [0.15, 0.2) is 0 Å². The molecule has 202 valence electrons. The van der Waals surface area contributed by atoms with E-state index in [0.29, 0.717) is 18.5 Å². The summed E-state index contributed by atoms with van der Waals surface area (Å²) < 4.78 is 55.4. The quantitative estimate of drug-likeness (QED) is 0.364. The van der Waals surface area contributed by atoms with E-state index in [9.17, 15) is 26.8 Å². The van der Waals surface area contributed by atoms with Crippen LogP contribution in [0.25, 0.3) is 0 Å². The van der Waals surface area contributed by atoms with Crippen LogP contribution in [0.15, 0.2) is 77.7 Å². The minimum Gasteiger partial charge on any atom is -0.354 e. The number of carbonyl (C=O) groups excluding carboxylic acids is 2. The summed E-state index contributed by atoms with van der Waals surface area (Å²) in [6.45, 7) is 3.02. The molecule has 0 radical (unpaired) electrons. The van der Waals surface area contributed by atoms with Gasteiger partial charge in [-0.15, -0.1) is 0 Å². The van der Waals surface area contributed by atoms with Gasteiger partial charge in [-0.05, 0) is 61.4 Å². The Morgan fingerprint density at radius 1 is 1.00 bits per heavy atom. The summed E-state index contributed by atoms with van der Waals surface area (Å²) in [6, 6.07) is 15.2. The molecule has 0 saturated heterocycles. The molecule has 2 amide bonds. The summed E-state index contributed by atoms with van der Waals surface area (Å²) in [6.07, 6.45) is 0.679. The molecule has 0 fully saturated rings. The first-order chi connectivity index (χ1) is 18.0. The maximum atomic E-state index is 13.9. The summed E-state index contributed by atoms with van der Waals surface area (Å²) >= 11 is 5.94. The Labute approximate surface area is 226 Å². The molecule has 0 aliphatic rings. The lowest BCUT2D eigenvalue weighted by Gasteiger charge is -2.32. The molecule has 3 aromatic rings. The molecular weight excluding hydrogens is 536 g/mol. The number of benzene rings is 3. The largest absolute Gasteiger partial charge is 0.354 e. The van der Waals surface area contributed by atoms with Crippen LogP contribution in [0.1, 0.15) is 25.8 Å². The van der Waals surface area contributed by atoms with Crippen molar-refractivity contribution in [1.29, 1.82) is 0 Å². The van der Waals surface area contributed by atoms with E-state index in [1.165, 1.54) is 66.4 Å². The fourth-order valence-corrected chi connectivity index (χ4v) is 5.26. The molecule has 1 unspecified atom stereocenters. The molecule has 38 heavy (non-hydrogen) atoms. The van der Waals surface area contributed by atoms with Gasteiger partial charge in [0.2, 0.25) is 11.8 Å². The fourth-order valence-electron chi connectivity index (χ4n) is 3.65. The molecule has 0 spiro atoms. The minimum atomic E-state index is -4.30. The molecule has 0 bridgehead atoms. The summed E-state index contributed by atoms with van der Waals surface area (Å²) in [5, 5.41) is 2.41. The predicted molar refractivity (Wildman–Crippen MR) is 142 cm³/mol. The highest BCUT2D eigenvalue weighted by Crippen LogP contribution is 2.28. The van der Waals surface area contributed by atoms with Gasteiger partial charge in [0.1, 0.15) is 24.2 Å². The lowest BCUT2D eigenvalue weighted by atomic mass is 10.1. The van der Waals surface area contributed by atoms with Crippen molar-refractivity contribution in [1.82, 2.24) is 10.2 Å². The van der Waals surface area contributed by atoms with Crippen LogP contribution < -0.4 is 9.62 Å². The summed E-state index contributed by atoms with van der Waals surface area (Å²) in [7, 11) is -4.30. The highest BCUT2D eigenvalue weighted by atomic mass is 35.5. The van der Waals surface area contributed by atoms with Crippen LogP contribution in [0.4, 0.5) is 14.5 Å². The van der Waals surface area contributed by atoms with E-state index < -0.39 is 46.1 Å². The molecule has 7 nitrogen and oxygen atoms in total. The summed E-state index contributed by atoms with van der Waals surface area (Å²) in [5.74, 6) is -2.34. The third-order valence-corrected chi connectivity index (χ3v) is 7.86. The van der Waals surface area contributed by atoms with Crippen molar-refractivity contribution in [3.63, 3.8) is 0 Å². The first kappa shape index (κ1) is 29.1. The second-order valence-corrected chi connectivity index (χ2v) is 10.8. The molecule has 3 rings (SSSR count). The van der Waals surface area contributed by atoms with Crippen molar-refractivity contribution in [3.05, 3.63) is 95.0 Å². The average molecular weight is 564 g/mol. The first-order valence-corrected chi connectivity index (χ1v) is 13.7. The van der Waals surface area contributed by atoms with Crippen LogP contribution in [0.2, 0.25) is 5.02 Å². The molecule has 0 saturated carbocycles. The van der Waals surface area contributed by atoms with E-state index in [4.69, 9.17) is 11.6 Å². The third-order valence-electron chi connectivity index (χ3n) is 5.78. The third kappa shape index (κ3) is 7.08.